The normalized spacial score (nSPS) is 13.5. The molecule has 0 saturated carbocycles. The molecule has 31 heavy (non-hydrogen) atoms. The maximum Gasteiger partial charge on any atom is 0.343 e. The summed E-state index contributed by atoms with van der Waals surface area (Å²) in [4.78, 5) is 25.1. The van der Waals surface area contributed by atoms with Crippen molar-refractivity contribution in [2.24, 2.45) is 0 Å². The molecule has 0 N–H and O–H groups in total. The van der Waals surface area contributed by atoms with Crippen LogP contribution in [0.4, 0.5) is 0 Å². The van der Waals surface area contributed by atoms with Crippen molar-refractivity contribution in [3.63, 3.8) is 0 Å². The van der Waals surface area contributed by atoms with Gasteiger partial charge in [0.05, 0.1) is 25.3 Å². The summed E-state index contributed by atoms with van der Waals surface area (Å²) in [5.74, 6) is 1.05. The lowest BCUT2D eigenvalue weighted by molar-refractivity contribution is 0.0734. The second kappa shape index (κ2) is 8.53. The predicted molar refractivity (Wildman–Crippen MR) is 115 cm³/mol. The maximum absolute atomic E-state index is 12.8. The van der Waals surface area contributed by atoms with E-state index in [0.717, 1.165) is 0 Å². The largest absolute Gasteiger partial charge is 0.497 e. The van der Waals surface area contributed by atoms with Gasteiger partial charge in [-0.2, -0.15) is 0 Å². The second-order valence-electron chi connectivity index (χ2n) is 6.60. The first-order valence-electron chi connectivity index (χ1n) is 9.26. The summed E-state index contributed by atoms with van der Waals surface area (Å²) >= 11 is 5.84. The molecule has 1 aliphatic heterocycles. The van der Waals surface area contributed by atoms with Crippen LogP contribution in [-0.2, 0) is 0 Å². The first-order chi connectivity index (χ1) is 15.0. The molecule has 6 nitrogen and oxygen atoms in total. The summed E-state index contributed by atoms with van der Waals surface area (Å²) in [6.07, 6.45) is 1.59. The van der Waals surface area contributed by atoms with Crippen LogP contribution in [0.2, 0.25) is 5.02 Å². The Hall–Kier alpha value is -3.77. The molecule has 3 aromatic carbocycles. The van der Waals surface area contributed by atoms with E-state index in [2.05, 4.69) is 0 Å². The van der Waals surface area contributed by atoms with Gasteiger partial charge in [0, 0.05) is 16.7 Å². The van der Waals surface area contributed by atoms with E-state index in [1.165, 1.54) is 13.2 Å². The van der Waals surface area contributed by atoms with Gasteiger partial charge in [0.15, 0.2) is 5.76 Å². The van der Waals surface area contributed by atoms with E-state index in [9.17, 15) is 9.59 Å². The van der Waals surface area contributed by atoms with Crippen molar-refractivity contribution in [1.82, 2.24) is 0 Å². The number of ether oxygens (including phenoxy) is 4. The molecule has 0 fully saturated rings. The summed E-state index contributed by atoms with van der Waals surface area (Å²) in [7, 11) is 3.09. The Morgan fingerprint density at radius 1 is 0.935 bits per heavy atom. The number of carbonyl (C=O) groups excluding carboxylic acids is 2. The van der Waals surface area contributed by atoms with Gasteiger partial charge in [0.1, 0.15) is 23.0 Å². The van der Waals surface area contributed by atoms with Gasteiger partial charge in [-0.05, 0) is 60.7 Å². The molecule has 0 unspecified atom stereocenters. The minimum absolute atomic E-state index is 0.128. The van der Waals surface area contributed by atoms with Gasteiger partial charge in [-0.25, -0.2) is 4.79 Å². The predicted octanol–water partition coefficient (Wildman–Crippen LogP) is 5.19. The molecule has 0 atom stereocenters. The van der Waals surface area contributed by atoms with Crippen LogP contribution in [0, 0.1) is 0 Å². The minimum atomic E-state index is -0.544. The van der Waals surface area contributed by atoms with Crippen LogP contribution < -0.4 is 18.9 Å². The molecule has 0 amide bonds. The van der Waals surface area contributed by atoms with Gasteiger partial charge >= 0.3 is 5.97 Å². The average Bonchev–Trinajstić information content (AvgIpc) is 3.08. The number of ketones is 1. The van der Waals surface area contributed by atoms with Crippen molar-refractivity contribution in [3.8, 4) is 23.0 Å². The molecule has 0 saturated heterocycles. The third-order valence-corrected chi connectivity index (χ3v) is 4.91. The van der Waals surface area contributed by atoms with Gasteiger partial charge < -0.3 is 18.9 Å². The van der Waals surface area contributed by atoms with Crippen molar-refractivity contribution < 1.29 is 28.5 Å². The summed E-state index contributed by atoms with van der Waals surface area (Å²) < 4.78 is 21.7. The third-order valence-electron chi connectivity index (χ3n) is 4.66. The number of allylic oxidation sites excluding steroid dienone is 1. The van der Waals surface area contributed by atoms with Gasteiger partial charge in [0.25, 0.3) is 0 Å². The van der Waals surface area contributed by atoms with Crippen LogP contribution >= 0.6 is 11.6 Å². The zero-order chi connectivity index (χ0) is 22.0. The highest BCUT2D eigenvalue weighted by Crippen LogP contribution is 2.36. The highest BCUT2D eigenvalue weighted by molar-refractivity contribution is 6.30. The minimum Gasteiger partial charge on any atom is -0.497 e. The molecular formula is C24H17ClO6. The third kappa shape index (κ3) is 4.25. The first-order valence-corrected chi connectivity index (χ1v) is 9.64. The number of carbonyl (C=O) groups is 2. The molecule has 0 radical (unpaired) electrons. The van der Waals surface area contributed by atoms with Gasteiger partial charge in [0.2, 0.25) is 5.78 Å². The van der Waals surface area contributed by atoms with E-state index in [-0.39, 0.29) is 17.3 Å². The standard InChI is InChI=1S/C24H17ClO6/c1-28-17-8-10-20(29-2)15(11-17)12-22-23(26)19-9-7-18(13-21(19)31-22)30-24(27)14-3-5-16(25)6-4-14/h3-13H,1-2H3/b22-12-. The molecule has 0 bridgehead atoms. The van der Waals surface area contributed by atoms with Crippen LogP contribution in [0.1, 0.15) is 26.3 Å². The van der Waals surface area contributed by atoms with Crippen LogP contribution in [0.25, 0.3) is 6.08 Å². The van der Waals surface area contributed by atoms with Crippen LogP contribution in [-0.4, -0.2) is 26.0 Å². The zero-order valence-electron chi connectivity index (χ0n) is 16.7. The SMILES string of the molecule is COc1ccc(OC)c(/C=C2\Oc3cc(OC(=O)c4ccc(Cl)cc4)ccc3C2=O)c1. The number of fused-ring (bicyclic) bond motifs is 1. The lowest BCUT2D eigenvalue weighted by Crippen LogP contribution is -2.08. The molecule has 3 aromatic rings. The smallest absolute Gasteiger partial charge is 0.343 e. The van der Waals surface area contributed by atoms with Crippen molar-refractivity contribution >= 4 is 29.4 Å². The summed E-state index contributed by atoms with van der Waals surface area (Å²) in [6, 6.07) is 16.2. The van der Waals surface area contributed by atoms with E-state index in [0.29, 0.717) is 39.0 Å². The number of benzene rings is 3. The quantitative estimate of drug-likeness (QED) is 0.311. The van der Waals surface area contributed by atoms with Crippen LogP contribution in [0.3, 0.4) is 0 Å². The number of hydrogen-bond acceptors (Lipinski definition) is 6. The number of hydrogen-bond donors (Lipinski definition) is 0. The van der Waals surface area contributed by atoms with Crippen molar-refractivity contribution in [3.05, 3.63) is 88.1 Å². The Morgan fingerprint density at radius 3 is 2.39 bits per heavy atom. The molecule has 7 heteroatoms. The number of halogens is 1. The van der Waals surface area contributed by atoms with Gasteiger partial charge in [-0.3, -0.25) is 4.79 Å². The molecule has 0 aromatic heterocycles. The Balaban J connectivity index is 1.58. The Kier molecular flexibility index (Phi) is 5.64. The lowest BCUT2D eigenvalue weighted by Gasteiger charge is -2.08. The molecule has 156 valence electrons. The van der Waals surface area contributed by atoms with Crippen molar-refractivity contribution in [1.29, 1.82) is 0 Å². The van der Waals surface area contributed by atoms with E-state index in [4.69, 9.17) is 30.5 Å². The van der Waals surface area contributed by atoms with Crippen LogP contribution in [0.15, 0.2) is 66.4 Å². The van der Waals surface area contributed by atoms with Crippen LogP contribution in [0.5, 0.6) is 23.0 Å². The fourth-order valence-corrected chi connectivity index (χ4v) is 3.20. The summed E-state index contributed by atoms with van der Waals surface area (Å²) in [6.45, 7) is 0. The molecule has 4 rings (SSSR count). The molecule has 0 spiro atoms. The highest BCUT2D eigenvalue weighted by atomic mass is 35.5. The highest BCUT2D eigenvalue weighted by Gasteiger charge is 2.28. The fourth-order valence-electron chi connectivity index (χ4n) is 3.08. The Morgan fingerprint density at radius 2 is 1.68 bits per heavy atom. The second-order valence-corrected chi connectivity index (χ2v) is 7.04. The van der Waals surface area contributed by atoms with Gasteiger partial charge in [-0.1, -0.05) is 11.6 Å². The van der Waals surface area contributed by atoms with E-state index in [1.807, 2.05) is 0 Å². The number of rotatable bonds is 5. The summed E-state index contributed by atoms with van der Waals surface area (Å²) in [5.41, 5.74) is 1.36. The zero-order valence-corrected chi connectivity index (χ0v) is 17.4. The maximum atomic E-state index is 12.8. The fraction of sp³-hybridized carbons (Fsp3) is 0.0833. The number of methoxy groups -OCH3 is 2. The molecule has 1 heterocycles. The van der Waals surface area contributed by atoms with E-state index >= 15 is 0 Å². The van der Waals surface area contributed by atoms with E-state index in [1.54, 1.807) is 67.8 Å². The van der Waals surface area contributed by atoms with E-state index < -0.39 is 5.97 Å². The molecular weight excluding hydrogens is 420 g/mol. The Labute approximate surface area is 183 Å². The molecule has 1 aliphatic rings. The van der Waals surface area contributed by atoms with Gasteiger partial charge in [-0.15, -0.1) is 0 Å². The topological polar surface area (TPSA) is 71.1 Å². The van der Waals surface area contributed by atoms with Crippen molar-refractivity contribution in [2.75, 3.05) is 14.2 Å². The van der Waals surface area contributed by atoms with Crippen molar-refractivity contribution in [2.45, 2.75) is 0 Å². The molecule has 0 aliphatic carbocycles. The number of esters is 1. The first kappa shape index (κ1) is 20.5. The Bertz CT molecular complexity index is 1200. The summed E-state index contributed by atoms with van der Waals surface area (Å²) in [5, 5.41) is 0.521. The lowest BCUT2D eigenvalue weighted by atomic mass is 10.1. The number of Topliss-reactive ketones (excluding diaryl/α,β-unsaturated/α-hetero) is 1. The monoisotopic (exact) mass is 436 g/mol. The average molecular weight is 437 g/mol.